The van der Waals surface area contributed by atoms with E-state index in [1.165, 1.54) is 0 Å². The van der Waals surface area contributed by atoms with E-state index in [9.17, 15) is 28.5 Å². The molecule has 0 bridgehead atoms. The standard InChI is InChI=1S/C13H8F2N2O4/c14-9-2-1-3-10(15)13(9)11(18)7-16-6-8(17(20)21)4-5-12(16)19/h1-6H,7H2. The van der Waals surface area contributed by atoms with Gasteiger partial charge in [0.15, 0.2) is 5.78 Å². The maximum absolute atomic E-state index is 13.5. The molecule has 1 aromatic heterocycles. The molecule has 6 nitrogen and oxygen atoms in total. The molecule has 0 spiro atoms. The molecular formula is C13H8F2N2O4. The van der Waals surface area contributed by atoms with Gasteiger partial charge in [-0.25, -0.2) is 8.78 Å². The van der Waals surface area contributed by atoms with Crippen molar-refractivity contribution in [2.75, 3.05) is 0 Å². The van der Waals surface area contributed by atoms with E-state index in [1.807, 2.05) is 0 Å². The number of rotatable bonds is 4. The molecule has 0 aliphatic heterocycles. The second kappa shape index (κ2) is 5.61. The van der Waals surface area contributed by atoms with Gasteiger partial charge in [-0.3, -0.25) is 19.7 Å². The molecular weight excluding hydrogens is 286 g/mol. The van der Waals surface area contributed by atoms with Gasteiger partial charge in [-0.05, 0) is 12.1 Å². The van der Waals surface area contributed by atoms with E-state index >= 15 is 0 Å². The van der Waals surface area contributed by atoms with Gasteiger partial charge in [-0.1, -0.05) is 6.07 Å². The van der Waals surface area contributed by atoms with Crippen LogP contribution in [0.5, 0.6) is 0 Å². The molecule has 2 aromatic rings. The average Bonchev–Trinajstić information content (AvgIpc) is 2.40. The summed E-state index contributed by atoms with van der Waals surface area (Å²) in [5.41, 5.74) is -1.88. The lowest BCUT2D eigenvalue weighted by Gasteiger charge is -2.06. The zero-order valence-corrected chi connectivity index (χ0v) is 10.5. The molecule has 0 N–H and O–H groups in total. The number of nitrogens with zero attached hydrogens (tertiary/aromatic N) is 2. The van der Waals surface area contributed by atoms with Crippen LogP contribution in [0.4, 0.5) is 14.5 Å². The first-order valence-electron chi connectivity index (χ1n) is 5.72. The van der Waals surface area contributed by atoms with Crippen LogP contribution in [0.2, 0.25) is 0 Å². The number of ketones is 1. The van der Waals surface area contributed by atoms with Crippen LogP contribution >= 0.6 is 0 Å². The van der Waals surface area contributed by atoms with Crippen LogP contribution in [0.1, 0.15) is 10.4 Å². The van der Waals surface area contributed by atoms with Crippen LogP contribution in [-0.4, -0.2) is 15.3 Å². The Kier molecular flexibility index (Phi) is 3.88. The van der Waals surface area contributed by atoms with E-state index in [2.05, 4.69) is 0 Å². The van der Waals surface area contributed by atoms with Gasteiger partial charge in [0.25, 0.3) is 11.2 Å². The molecule has 0 aliphatic carbocycles. The number of Topliss-reactive ketones (excluding diaryl/α,β-unsaturated/α-hetero) is 1. The molecule has 0 unspecified atom stereocenters. The van der Waals surface area contributed by atoms with Crippen LogP contribution in [-0.2, 0) is 6.54 Å². The molecule has 0 saturated carbocycles. The highest BCUT2D eigenvalue weighted by molar-refractivity contribution is 5.96. The minimum absolute atomic E-state index is 0.406. The van der Waals surface area contributed by atoms with Crippen molar-refractivity contribution in [3.63, 3.8) is 0 Å². The zero-order chi connectivity index (χ0) is 15.6. The summed E-state index contributed by atoms with van der Waals surface area (Å²) in [6.45, 7) is -0.696. The molecule has 21 heavy (non-hydrogen) atoms. The second-order valence-electron chi connectivity index (χ2n) is 4.13. The van der Waals surface area contributed by atoms with Crippen molar-refractivity contribution >= 4 is 11.5 Å². The van der Waals surface area contributed by atoms with Crippen molar-refractivity contribution in [1.82, 2.24) is 4.57 Å². The lowest BCUT2D eigenvalue weighted by Crippen LogP contribution is -2.24. The highest BCUT2D eigenvalue weighted by Crippen LogP contribution is 2.14. The summed E-state index contributed by atoms with van der Waals surface area (Å²) in [5.74, 6) is -3.11. The maximum atomic E-state index is 13.5. The first-order valence-corrected chi connectivity index (χ1v) is 5.72. The number of benzene rings is 1. The molecule has 0 aliphatic rings. The van der Waals surface area contributed by atoms with Gasteiger partial charge in [0.1, 0.15) is 11.6 Å². The van der Waals surface area contributed by atoms with Gasteiger partial charge in [0, 0.05) is 12.1 Å². The van der Waals surface area contributed by atoms with E-state index in [0.717, 1.165) is 41.1 Å². The van der Waals surface area contributed by atoms with E-state index in [4.69, 9.17) is 0 Å². The lowest BCUT2D eigenvalue weighted by molar-refractivity contribution is -0.385. The molecule has 1 heterocycles. The Morgan fingerprint density at radius 2 is 1.81 bits per heavy atom. The van der Waals surface area contributed by atoms with E-state index in [-0.39, 0.29) is 0 Å². The molecule has 0 amide bonds. The van der Waals surface area contributed by atoms with Crippen molar-refractivity contribution in [2.24, 2.45) is 0 Å². The summed E-state index contributed by atoms with van der Waals surface area (Å²) in [5, 5.41) is 10.6. The van der Waals surface area contributed by atoms with Crippen molar-refractivity contribution in [3.8, 4) is 0 Å². The van der Waals surface area contributed by atoms with Crippen LogP contribution in [0.25, 0.3) is 0 Å². The van der Waals surface area contributed by atoms with E-state index in [0.29, 0.717) is 0 Å². The number of hydrogen-bond acceptors (Lipinski definition) is 4. The fourth-order valence-electron chi connectivity index (χ4n) is 1.75. The van der Waals surface area contributed by atoms with E-state index in [1.54, 1.807) is 0 Å². The zero-order valence-electron chi connectivity index (χ0n) is 10.5. The summed E-state index contributed by atoms with van der Waals surface area (Å²) >= 11 is 0. The van der Waals surface area contributed by atoms with Gasteiger partial charge >= 0.3 is 0 Å². The topological polar surface area (TPSA) is 82.2 Å². The van der Waals surface area contributed by atoms with Crippen molar-refractivity contribution < 1.29 is 18.5 Å². The van der Waals surface area contributed by atoms with Crippen LogP contribution in [0.3, 0.4) is 0 Å². The Morgan fingerprint density at radius 1 is 1.19 bits per heavy atom. The Labute approximate surface area is 116 Å². The van der Waals surface area contributed by atoms with Gasteiger partial charge in [0.2, 0.25) is 0 Å². The molecule has 0 saturated heterocycles. The van der Waals surface area contributed by atoms with Crippen molar-refractivity contribution in [2.45, 2.75) is 6.54 Å². The summed E-state index contributed by atoms with van der Waals surface area (Å²) in [7, 11) is 0. The molecule has 8 heteroatoms. The third-order valence-electron chi connectivity index (χ3n) is 2.73. The molecule has 0 fully saturated rings. The molecule has 2 rings (SSSR count). The third-order valence-corrected chi connectivity index (χ3v) is 2.73. The summed E-state index contributed by atoms with van der Waals surface area (Å²) in [6.07, 6.45) is 0.846. The Morgan fingerprint density at radius 3 is 2.38 bits per heavy atom. The first kappa shape index (κ1) is 14.5. The number of pyridine rings is 1. The third kappa shape index (κ3) is 2.99. The number of aromatic nitrogens is 1. The molecule has 0 radical (unpaired) electrons. The van der Waals surface area contributed by atoms with Gasteiger partial charge in [0.05, 0.1) is 23.2 Å². The molecule has 0 atom stereocenters. The number of halogens is 2. The Hall–Kier alpha value is -2.90. The average molecular weight is 294 g/mol. The van der Waals surface area contributed by atoms with Crippen molar-refractivity contribution in [3.05, 3.63) is 74.2 Å². The Balaban J connectivity index is 2.38. The number of hydrogen-bond donors (Lipinski definition) is 0. The SMILES string of the molecule is O=C(Cn1cc([N+](=O)[O-])ccc1=O)c1c(F)cccc1F. The van der Waals surface area contributed by atoms with E-state index < -0.39 is 45.7 Å². The fraction of sp³-hybridized carbons (Fsp3) is 0.0769. The highest BCUT2D eigenvalue weighted by atomic mass is 19.1. The maximum Gasteiger partial charge on any atom is 0.285 e. The Bertz CT molecular complexity index is 766. The second-order valence-corrected chi connectivity index (χ2v) is 4.13. The van der Waals surface area contributed by atoms with Crippen molar-refractivity contribution in [1.29, 1.82) is 0 Å². The number of carbonyl (C=O) groups excluding carboxylic acids is 1. The lowest BCUT2D eigenvalue weighted by atomic mass is 10.1. The van der Waals surface area contributed by atoms with Crippen LogP contribution in [0, 0.1) is 21.7 Å². The summed E-state index contributed by atoms with van der Waals surface area (Å²) in [6, 6.07) is 4.80. The summed E-state index contributed by atoms with van der Waals surface area (Å²) < 4.78 is 27.6. The largest absolute Gasteiger partial charge is 0.301 e. The fourth-order valence-corrected chi connectivity index (χ4v) is 1.75. The summed E-state index contributed by atoms with van der Waals surface area (Å²) in [4.78, 5) is 33.3. The normalized spacial score (nSPS) is 10.4. The first-order chi connectivity index (χ1) is 9.90. The molecule has 1 aromatic carbocycles. The van der Waals surface area contributed by atoms with Crippen LogP contribution < -0.4 is 5.56 Å². The smallest absolute Gasteiger partial charge is 0.285 e. The minimum Gasteiger partial charge on any atom is -0.301 e. The van der Waals surface area contributed by atoms with Gasteiger partial charge in [-0.15, -0.1) is 0 Å². The minimum atomic E-state index is -1.06. The quantitative estimate of drug-likeness (QED) is 0.490. The monoisotopic (exact) mass is 294 g/mol. The predicted molar refractivity (Wildman–Crippen MR) is 68.0 cm³/mol. The van der Waals surface area contributed by atoms with Crippen LogP contribution in [0.15, 0.2) is 41.3 Å². The van der Waals surface area contributed by atoms with Gasteiger partial charge < -0.3 is 4.57 Å². The number of nitro groups is 1. The van der Waals surface area contributed by atoms with Gasteiger partial charge in [-0.2, -0.15) is 0 Å². The molecule has 108 valence electrons. The predicted octanol–water partition coefficient (Wildman–Crippen LogP) is 1.92. The number of carbonyl (C=O) groups is 1. The highest BCUT2D eigenvalue weighted by Gasteiger charge is 2.18.